The molecule has 0 aliphatic heterocycles. The number of imidazole rings is 1. The van der Waals surface area contributed by atoms with Gasteiger partial charge in [0, 0.05) is 12.5 Å². The van der Waals surface area contributed by atoms with Crippen molar-refractivity contribution in [1.82, 2.24) is 9.55 Å². The average Bonchev–Trinajstić information content (AvgIpc) is 2.76. The van der Waals surface area contributed by atoms with E-state index in [-0.39, 0.29) is 0 Å². The molecule has 1 aromatic heterocycles. The molecule has 0 bridgehead atoms. The van der Waals surface area contributed by atoms with Crippen LogP contribution < -0.4 is 5.73 Å². The van der Waals surface area contributed by atoms with Crippen molar-refractivity contribution in [3.8, 4) is 0 Å². The van der Waals surface area contributed by atoms with Gasteiger partial charge in [0.25, 0.3) is 0 Å². The topological polar surface area (TPSA) is 43.8 Å². The Kier molecular flexibility index (Phi) is 2.48. The van der Waals surface area contributed by atoms with E-state index in [0.717, 1.165) is 18.1 Å². The van der Waals surface area contributed by atoms with Crippen LogP contribution in [0.15, 0.2) is 0 Å². The number of rotatable bonds is 2. The van der Waals surface area contributed by atoms with E-state index in [9.17, 15) is 0 Å². The van der Waals surface area contributed by atoms with E-state index in [1.165, 1.54) is 31.5 Å². The van der Waals surface area contributed by atoms with Crippen LogP contribution in [0.5, 0.6) is 0 Å². The van der Waals surface area contributed by atoms with E-state index in [2.05, 4.69) is 16.5 Å². The van der Waals surface area contributed by atoms with Crippen LogP contribution in [0.25, 0.3) is 0 Å². The summed E-state index contributed by atoms with van der Waals surface area (Å²) in [6.07, 6.45) is 5.27. The summed E-state index contributed by atoms with van der Waals surface area (Å²) in [5.74, 6) is 2.74. The van der Waals surface area contributed by atoms with Crippen LogP contribution in [0.4, 0.5) is 5.82 Å². The molecule has 0 radical (unpaired) electrons. The predicted octanol–water partition coefficient (Wildman–Crippen LogP) is 2.45. The van der Waals surface area contributed by atoms with E-state index in [1.807, 2.05) is 6.92 Å². The molecular formula is C11H19N3. The Morgan fingerprint density at radius 2 is 2.07 bits per heavy atom. The number of aromatic nitrogens is 2. The van der Waals surface area contributed by atoms with Crippen molar-refractivity contribution in [1.29, 1.82) is 0 Å². The molecule has 0 atom stereocenters. The van der Waals surface area contributed by atoms with Crippen molar-refractivity contribution < 1.29 is 0 Å². The van der Waals surface area contributed by atoms with Crippen LogP contribution in [0.2, 0.25) is 0 Å². The fourth-order valence-corrected chi connectivity index (χ4v) is 2.44. The van der Waals surface area contributed by atoms with Gasteiger partial charge >= 0.3 is 0 Å². The maximum Gasteiger partial charge on any atom is 0.126 e. The van der Waals surface area contributed by atoms with Crippen molar-refractivity contribution >= 4 is 5.82 Å². The minimum Gasteiger partial charge on any atom is -0.384 e. The zero-order valence-corrected chi connectivity index (χ0v) is 9.08. The Bertz CT molecular complexity index is 322. The number of hydrogen-bond donors (Lipinski definition) is 1. The summed E-state index contributed by atoms with van der Waals surface area (Å²) in [6, 6.07) is 0. The second-order valence-corrected chi connectivity index (χ2v) is 4.17. The fourth-order valence-electron chi connectivity index (χ4n) is 2.44. The molecule has 0 saturated heterocycles. The molecule has 14 heavy (non-hydrogen) atoms. The highest BCUT2D eigenvalue weighted by Gasteiger charge is 2.23. The van der Waals surface area contributed by atoms with Crippen molar-refractivity contribution in [3.63, 3.8) is 0 Å². The second kappa shape index (κ2) is 3.64. The van der Waals surface area contributed by atoms with Crippen LogP contribution >= 0.6 is 0 Å². The molecule has 1 fully saturated rings. The first-order valence-electron chi connectivity index (χ1n) is 5.56. The van der Waals surface area contributed by atoms with Crippen molar-refractivity contribution in [2.45, 2.75) is 52.0 Å². The van der Waals surface area contributed by atoms with Gasteiger partial charge in [-0.2, -0.15) is 0 Å². The van der Waals surface area contributed by atoms with Gasteiger partial charge in [0.05, 0.1) is 5.69 Å². The number of anilines is 1. The van der Waals surface area contributed by atoms with Gasteiger partial charge in [0.15, 0.2) is 0 Å². The highest BCUT2D eigenvalue weighted by atomic mass is 15.1. The minimum atomic E-state index is 0.658. The van der Waals surface area contributed by atoms with Crippen LogP contribution in [-0.2, 0) is 6.54 Å². The van der Waals surface area contributed by atoms with E-state index in [0.29, 0.717) is 5.92 Å². The zero-order valence-electron chi connectivity index (χ0n) is 9.08. The third kappa shape index (κ3) is 1.41. The van der Waals surface area contributed by atoms with E-state index in [4.69, 9.17) is 5.73 Å². The van der Waals surface area contributed by atoms with Crippen LogP contribution in [-0.4, -0.2) is 9.55 Å². The molecule has 78 valence electrons. The maximum absolute atomic E-state index is 5.98. The van der Waals surface area contributed by atoms with Gasteiger partial charge in [-0.1, -0.05) is 12.8 Å². The first kappa shape index (κ1) is 9.56. The largest absolute Gasteiger partial charge is 0.384 e. The number of nitrogen functional groups attached to an aromatic ring is 1. The second-order valence-electron chi connectivity index (χ2n) is 4.17. The monoisotopic (exact) mass is 193 g/mol. The molecule has 0 unspecified atom stereocenters. The lowest BCUT2D eigenvalue weighted by Gasteiger charge is -2.11. The van der Waals surface area contributed by atoms with Crippen LogP contribution in [0.3, 0.4) is 0 Å². The highest BCUT2D eigenvalue weighted by molar-refractivity contribution is 5.38. The Hall–Kier alpha value is -0.990. The molecule has 0 aromatic carbocycles. The van der Waals surface area contributed by atoms with Gasteiger partial charge < -0.3 is 10.3 Å². The van der Waals surface area contributed by atoms with Gasteiger partial charge in [-0.15, -0.1) is 0 Å². The highest BCUT2D eigenvalue weighted by Crippen LogP contribution is 2.34. The Balaban J connectivity index is 2.36. The Morgan fingerprint density at radius 1 is 1.43 bits per heavy atom. The minimum absolute atomic E-state index is 0.658. The van der Waals surface area contributed by atoms with Crippen molar-refractivity contribution in [3.05, 3.63) is 11.5 Å². The van der Waals surface area contributed by atoms with Gasteiger partial charge in [0.1, 0.15) is 11.6 Å². The quantitative estimate of drug-likeness (QED) is 0.784. The van der Waals surface area contributed by atoms with Gasteiger partial charge in [-0.25, -0.2) is 4.98 Å². The molecule has 1 saturated carbocycles. The number of hydrogen-bond acceptors (Lipinski definition) is 2. The molecular weight excluding hydrogens is 174 g/mol. The lowest BCUT2D eigenvalue weighted by atomic mass is 10.1. The van der Waals surface area contributed by atoms with Gasteiger partial charge in [0.2, 0.25) is 0 Å². The molecule has 2 rings (SSSR count). The van der Waals surface area contributed by atoms with Gasteiger partial charge in [-0.3, -0.25) is 0 Å². The lowest BCUT2D eigenvalue weighted by molar-refractivity contribution is 0.604. The molecule has 2 N–H and O–H groups in total. The number of nitrogens with two attached hydrogens (primary N) is 1. The summed E-state index contributed by atoms with van der Waals surface area (Å²) in [4.78, 5) is 4.60. The summed E-state index contributed by atoms with van der Waals surface area (Å²) >= 11 is 0. The molecule has 0 amide bonds. The summed E-state index contributed by atoms with van der Waals surface area (Å²) < 4.78 is 2.17. The zero-order chi connectivity index (χ0) is 10.1. The summed E-state index contributed by atoms with van der Waals surface area (Å²) in [7, 11) is 0. The molecule has 1 aliphatic carbocycles. The summed E-state index contributed by atoms with van der Waals surface area (Å²) in [5.41, 5.74) is 6.98. The van der Waals surface area contributed by atoms with Crippen LogP contribution in [0.1, 0.15) is 50.0 Å². The predicted molar refractivity (Wildman–Crippen MR) is 58.3 cm³/mol. The maximum atomic E-state index is 5.98. The molecule has 0 spiro atoms. The van der Waals surface area contributed by atoms with E-state index in [1.54, 1.807) is 0 Å². The molecule has 1 heterocycles. The summed E-state index contributed by atoms with van der Waals surface area (Å²) in [6.45, 7) is 5.08. The smallest absolute Gasteiger partial charge is 0.126 e. The number of aryl methyl sites for hydroxylation is 1. The van der Waals surface area contributed by atoms with Crippen molar-refractivity contribution in [2.24, 2.45) is 0 Å². The summed E-state index contributed by atoms with van der Waals surface area (Å²) in [5, 5.41) is 0. The number of nitrogens with zero attached hydrogens (tertiary/aromatic N) is 2. The van der Waals surface area contributed by atoms with E-state index >= 15 is 0 Å². The standard InChI is InChI=1S/C11H19N3/c1-3-14-10(12)8(2)13-11(14)9-6-4-5-7-9/h9H,3-7,12H2,1-2H3. The third-order valence-electron chi connectivity index (χ3n) is 3.26. The molecule has 1 aromatic rings. The normalized spacial score (nSPS) is 17.9. The Labute approximate surface area is 85.3 Å². The SMILES string of the molecule is CCn1c(C2CCCC2)nc(C)c1N. The van der Waals surface area contributed by atoms with Crippen molar-refractivity contribution in [2.75, 3.05) is 5.73 Å². The van der Waals surface area contributed by atoms with Gasteiger partial charge in [-0.05, 0) is 26.7 Å². The average molecular weight is 193 g/mol. The molecule has 3 heteroatoms. The first-order valence-corrected chi connectivity index (χ1v) is 5.56. The molecule has 3 nitrogen and oxygen atoms in total. The third-order valence-corrected chi connectivity index (χ3v) is 3.26. The molecule has 1 aliphatic rings. The lowest BCUT2D eigenvalue weighted by Crippen LogP contribution is -2.08. The first-order chi connectivity index (χ1) is 6.74. The Morgan fingerprint density at radius 3 is 2.64 bits per heavy atom. The van der Waals surface area contributed by atoms with Crippen LogP contribution in [0, 0.1) is 6.92 Å². The fraction of sp³-hybridized carbons (Fsp3) is 0.727. The van der Waals surface area contributed by atoms with E-state index < -0.39 is 0 Å².